The van der Waals surface area contributed by atoms with Crippen molar-refractivity contribution in [3.8, 4) is 0 Å². The summed E-state index contributed by atoms with van der Waals surface area (Å²) in [5, 5.41) is 12.1. The largest absolute Gasteiger partial charge is 0.411 e. The summed E-state index contributed by atoms with van der Waals surface area (Å²) in [5.74, 6) is 0.290. The normalized spacial score (nSPS) is 21.7. The number of hydrogen-bond acceptors (Lipinski definition) is 3. The van der Waals surface area contributed by atoms with Gasteiger partial charge >= 0.3 is 0 Å². The first-order chi connectivity index (χ1) is 9.11. The van der Waals surface area contributed by atoms with Gasteiger partial charge in [-0.15, -0.1) is 0 Å². The minimum absolute atomic E-state index is 0.138. The molecule has 1 saturated heterocycles. The van der Waals surface area contributed by atoms with E-state index in [2.05, 4.69) is 5.16 Å². The Morgan fingerprint density at radius 1 is 1.47 bits per heavy atom. The third-order valence-corrected chi connectivity index (χ3v) is 3.79. The maximum absolute atomic E-state index is 12.3. The first kappa shape index (κ1) is 13.6. The predicted molar refractivity (Wildman–Crippen MR) is 74.5 cm³/mol. The van der Waals surface area contributed by atoms with Crippen molar-refractivity contribution in [2.75, 3.05) is 13.1 Å². The van der Waals surface area contributed by atoms with Gasteiger partial charge in [-0.1, -0.05) is 36.3 Å². The Balaban J connectivity index is 2.00. The molecule has 102 valence electrons. The second-order valence-corrected chi connectivity index (χ2v) is 5.19. The molecule has 0 radical (unpaired) electrons. The highest BCUT2D eigenvalue weighted by Gasteiger charge is 2.25. The molecule has 19 heavy (non-hydrogen) atoms. The van der Waals surface area contributed by atoms with Crippen LogP contribution >= 0.6 is 0 Å². The van der Waals surface area contributed by atoms with Crippen LogP contribution in [0.5, 0.6) is 0 Å². The second-order valence-electron chi connectivity index (χ2n) is 5.19. The standard InChI is InChI=1S/C15H20N2O2/c1-11-5-3-4-6-13(11)9-15(18)17-8-7-14(16-19)12(2)10-17/h3-6,12,19H,7-10H2,1-2H3/b16-14+. The van der Waals surface area contributed by atoms with Crippen LogP contribution in [0.1, 0.15) is 24.5 Å². The van der Waals surface area contributed by atoms with Crippen LogP contribution in [0, 0.1) is 12.8 Å². The van der Waals surface area contributed by atoms with Crippen molar-refractivity contribution in [1.29, 1.82) is 0 Å². The Kier molecular flexibility index (Phi) is 4.20. The fraction of sp³-hybridized carbons (Fsp3) is 0.467. The topological polar surface area (TPSA) is 52.9 Å². The lowest BCUT2D eigenvalue weighted by atomic mass is 9.96. The first-order valence-corrected chi connectivity index (χ1v) is 6.65. The number of rotatable bonds is 2. The Morgan fingerprint density at radius 3 is 2.84 bits per heavy atom. The van der Waals surface area contributed by atoms with E-state index in [0.717, 1.165) is 16.8 Å². The third kappa shape index (κ3) is 3.13. The van der Waals surface area contributed by atoms with E-state index in [9.17, 15) is 4.79 Å². The number of aryl methyl sites for hydroxylation is 1. The molecule has 4 nitrogen and oxygen atoms in total. The SMILES string of the molecule is Cc1ccccc1CC(=O)N1CC/C(=N\O)C(C)C1. The van der Waals surface area contributed by atoms with Gasteiger partial charge in [0.2, 0.25) is 5.91 Å². The highest BCUT2D eigenvalue weighted by Crippen LogP contribution is 2.16. The number of nitrogens with zero attached hydrogens (tertiary/aromatic N) is 2. The third-order valence-electron chi connectivity index (χ3n) is 3.79. The van der Waals surface area contributed by atoms with Gasteiger partial charge in [0.15, 0.2) is 0 Å². The highest BCUT2D eigenvalue weighted by molar-refractivity contribution is 5.89. The molecule has 2 rings (SSSR count). The summed E-state index contributed by atoms with van der Waals surface area (Å²) in [6.45, 7) is 5.30. The van der Waals surface area contributed by atoms with Gasteiger partial charge in [0.1, 0.15) is 0 Å². The van der Waals surface area contributed by atoms with E-state index >= 15 is 0 Å². The smallest absolute Gasteiger partial charge is 0.227 e. The van der Waals surface area contributed by atoms with Gasteiger partial charge in [0.05, 0.1) is 12.1 Å². The van der Waals surface area contributed by atoms with Gasteiger partial charge < -0.3 is 10.1 Å². The molecule has 1 aromatic carbocycles. The number of piperidine rings is 1. The van der Waals surface area contributed by atoms with Crippen molar-refractivity contribution in [3.05, 3.63) is 35.4 Å². The molecule has 1 heterocycles. The average molecular weight is 260 g/mol. The van der Waals surface area contributed by atoms with E-state index in [0.29, 0.717) is 25.9 Å². The number of amides is 1. The molecule has 1 aliphatic heterocycles. The molecule has 1 amide bonds. The van der Waals surface area contributed by atoms with Crippen molar-refractivity contribution in [1.82, 2.24) is 4.90 Å². The lowest BCUT2D eigenvalue weighted by Crippen LogP contribution is -2.43. The molecule has 1 atom stereocenters. The predicted octanol–water partition coefficient (Wildman–Crippen LogP) is 2.24. The van der Waals surface area contributed by atoms with Gasteiger partial charge in [0, 0.05) is 25.4 Å². The zero-order valence-corrected chi connectivity index (χ0v) is 11.5. The zero-order valence-electron chi connectivity index (χ0n) is 11.5. The van der Waals surface area contributed by atoms with Gasteiger partial charge in [-0.3, -0.25) is 4.79 Å². The van der Waals surface area contributed by atoms with Crippen molar-refractivity contribution in [2.24, 2.45) is 11.1 Å². The molecule has 1 aromatic rings. The lowest BCUT2D eigenvalue weighted by Gasteiger charge is -2.31. The molecule has 4 heteroatoms. The van der Waals surface area contributed by atoms with Crippen LogP contribution in [-0.4, -0.2) is 34.8 Å². The Morgan fingerprint density at radius 2 is 2.21 bits per heavy atom. The number of carbonyl (C=O) groups is 1. The van der Waals surface area contributed by atoms with Crippen LogP contribution in [0.3, 0.4) is 0 Å². The molecular weight excluding hydrogens is 240 g/mol. The van der Waals surface area contributed by atoms with Crippen LogP contribution in [0.2, 0.25) is 0 Å². The number of hydrogen-bond donors (Lipinski definition) is 1. The monoisotopic (exact) mass is 260 g/mol. The summed E-state index contributed by atoms with van der Waals surface area (Å²) >= 11 is 0. The maximum atomic E-state index is 12.3. The van der Waals surface area contributed by atoms with Gasteiger partial charge in [0.25, 0.3) is 0 Å². The van der Waals surface area contributed by atoms with Crippen LogP contribution in [0.25, 0.3) is 0 Å². The van der Waals surface area contributed by atoms with E-state index in [-0.39, 0.29) is 11.8 Å². The summed E-state index contributed by atoms with van der Waals surface area (Å²) in [4.78, 5) is 14.2. The fourth-order valence-corrected chi connectivity index (χ4v) is 2.48. The van der Waals surface area contributed by atoms with Crippen LogP contribution in [0.4, 0.5) is 0 Å². The number of carbonyl (C=O) groups excluding carboxylic acids is 1. The number of benzene rings is 1. The maximum Gasteiger partial charge on any atom is 0.227 e. The zero-order chi connectivity index (χ0) is 13.8. The Bertz CT molecular complexity index is 497. The molecule has 0 aromatic heterocycles. The Hall–Kier alpha value is -1.84. The second kappa shape index (κ2) is 5.87. The van der Waals surface area contributed by atoms with E-state index < -0.39 is 0 Å². The number of likely N-dealkylation sites (tertiary alicyclic amines) is 1. The minimum Gasteiger partial charge on any atom is -0.411 e. The van der Waals surface area contributed by atoms with Crippen molar-refractivity contribution in [3.63, 3.8) is 0 Å². The van der Waals surface area contributed by atoms with E-state index in [1.807, 2.05) is 43.0 Å². The highest BCUT2D eigenvalue weighted by atomic mass is 16.4. The lowest BCUT2D eigenvalue weighted by molar-refractivity contribution is -0.131. The molecule has 0 saturated carbocycles. The van der Waals surface area contributed by atoms with Crippen LogP contribution in [-0.2, 0) is 11.2 Å². The molecule has 1 N–H and O–H groups in total. The van der Waals surface area contributed by atoms with Crippen molar-refractivity contribution in [2.45, 2.75) is 26.7 Å². The van der Waals surface area contributed by atoms with E-state index in [4.69, 9.17) is 5.21 Å². The quantitative estimate of drug-likeness (QED) is 0.655. The summed E-state index contributed by atoms with van der Waals surface area (Å²) in [7, 11) is 0. The molecule has 0 spiro atoms. The molecule has 0 aliphatic carbocycles. The van der Waals surface area contributed by atoms with Gasteiger partial charge in [-0.2, -0.15) is 0 Å². The number of oxime groups is 1. The minimum atomic E-state index is 0.138. The molecular formula is C15H20N2O2. The van der Waals surface area contributed by atoms with Crippen LogP contribution in [0.15, 0.2) is 29.4 Å². The summed E-state index contributed by atoms with van der Waals surface area (Å²) < 4.78 is 0. The molecule has 1 unspecified atom stereocenters. The summed E-state index contributed by atoms with van der Waals surface area (Å²) in [6, 6.07) is 7.97. The average Bonchev–Trinajstić information content (AvgIpc) is 2.41. The summed E-state index contributed by atoms with van der Waals surface area (Å²) in [6.07, 6.45) is 1.11. The molecule has 1 fully saturated rings. The van der Waals surface area contributed by atoms with E-state index in [1.54, 1.807) is 0 Å². The van der Waals surface area contributed by atoms with Gasteiger partial charge in [-0.05, 0) is 18.1 Å². The van der Waals surface area contributed by atoms with Crippen molar-refractivity contribution >= 4 is 11.6 Å². The Labute approximate surface area is 113 Å². The molecule has 0 bridgehead atoms. The first-order valence-electron chi connectivity index (χ1n) is 6.65. The summed E-state index contributed by atoms with van der Waals surface area (Å²) in [5.41, 5.74) is 3.03. The fourth-order valence-electron chi connectivity index (χ4n) is 2.48. The van der Waals surface area contributed by atoms with E-state index in [1.165, 1.54) is 0 Å². The molecule has 1 aliphatic rings. The van der Waals surface area contributed by atoms with Gasteiger partial charge in [-0.25, -0.2) is 0 Å². The van der Waals surface area contributed by atoms with Crippen molar-refractivity contribution < 1.29 is 10.0 Å². The van der Waals surface area contributed by atoms with Crippen LogP contribution < -0.4 is 0 Å².